The highest BCUT2D eigenvalue weighted by Gasteiger charge is 2.30. The van der Waals surface area contributed by atoms with E-state index in [2.05, 4.69) is 205 Å². The fraction of sp³-hybridized carbons (Fsp3) is 0.373. The summed E-state index contributed by atoms with van der Waals surface area (Å²) >= 11 is 0. The number of aromatic nitrogens is 3. The van der Waals surface area contributed by atoms with E-state index in [4.69, 9.17) is 10.2 Å². The number of aryl methyl sites for hydroxylation is 2. The van der Waals surface area contributed by atoms with Crippen molar-refractivity contribution in [2.75, 3.05) is 0 Å². The summed E-state index contributed by atoms with van der Waals surface area (Å²) in [5.74, 6) is 1.86. The van der Waals surface area contributed by atoms with Crippen molar-refractivity contribution >= 4 is 0 Å². The van der Waals surface area contributed by atoms with Gasteiger partial charge in [-0.25, -0.2) is 0 Å². The van der Waals surface area contributed by atoms with Gasteiger partial charge < -0.3 is 0 Å². The lowest BCUT2D eigenvalue weighted by atomic mass is 9.84. The van der Waals surface area contributed by atoms with E-state index in [1.54, 1.807) is 0 Å². The van der Waals surface area contributed by atoms with Gasteiger partial charge in [-0.3, -0.25) is 4.57 Å². The lowest BCUT2D eigenvalue weighted by Crippen LogP contribution is -2.23. The van der Waals surface area contributed by atoms with Crippen LogP contribution in [0.5, 0.6) is 0 Å². The molecule has 280 valence electrons. The van der Waals surface area contributed by atoms with Crippen LogP contribution in [0.2, 0.25) is 0 Å². The van der Waals surface area contributed by atoms with Crippen molar-refractivity contribution in [1.82, 2.24) is 14.8 Å². The summed E-state index contributed by atoms with van der Waals surface area (Å²) in [4.78, 5) is 0. The molecular formula is C51H61N3. The standard InChI is InChI=1S/C51H61N3/c1-15-51(13,14)47-53-52-46(54(47)45-33(2)27-44(28-34(45)3)50(10,11)12)38-18-16-17-37(29-38)41-31-39(35-19-23-42(24-20-35)48(4,5)6)30-40(32-41)36-21-25-43(26-22-36)49(7,8)9/h16-32H,15H2,1-14H3. The van der Waals surface area contributed by atoms with Gasteiger partial charge in [0.2, 0.25) is 0 Å². The third-order valence-corrected chi connectivity index (χ3v) is 11.3. The van der Waals surface area contributed by atoms with Crippen LogP contribution in [0.15, 0.2) is 103 Å². The topological polar surface area (TPSA) is 30.7 Å². The number of rotatable bonds is 7. The molecule has 0 amide bonds. The summed E-state index contributed by atoms with van der Waals surface area (Å²) in [6.45, 7) is 31.7. The zero-order chi connectivity index (χ0) is 39.4. The van der Waals surface area contributed by atoms with Gasteiger partial charge in [-0.2, -0.15) is 0 Å². The second kappa shape index (κ2) is 14.1. The van der Waals surface area contributed by atoms with E-state index in [1.165, 1.54) is 61.3 Å². The molecule has 0 aliphatic rings. The zero-order valence-electron chi connectivity index (χ0n) is 35.4. The van der Waals surface area contributed by atoms with Gasteiger partial charge in [0, 0.05) is 11.0 Å². The number of hydrogen-bond donors (Lipinski definition) is 0. The number of benzene rings is 5. The molecule has 0 N–H and O–H groups in total. The van der Waals surface area contributed by atoms with Crippen LogP contribution in [-0.2, 0) is 21.7 Å². The van der Waals surface area contributed by atoms with Gasteiger partial charge in [-0.1, -0.05) is 162 Å². The van der Waals surface area contributed by atoms with E-state index in [-0.39, 0.29) is 21.7 Å². The fourth-order valence-electron chi connectivity index (χ4n) is 7.31. The van der Waals surface area contributed by atoms with Gasteiger partial charge in [-0.05, 0) is 122 Å². The molecule has 54 heavy (non-hydrogen) atoms. The van der Waals surface area contributed by atoms with Gasteiger partial charge >= 0.3 is 0 Å². The highest BCUT2D eigenvalue weighted by Crippen LogP contribution is 2.39. The van der Waals surface area contributed by atoms with Crippen LogP contribution in [0.1, 0.15) is 123 Å². The van der Waals surface area contributed by atoms with Crippen LogP contribution in [0.3, 0.4) is 0 Å². The Balaban J connectivity index is 1.53. The second-order valence-electron chi connectivity index (χ2n) is 19.2. The Morgan fingerprint density at radius 3 is 1.28 bits per heavy atom. The molecular weight excluding hydrogens is 655 g/mol. The second-order valence-corrected chi connectivity index (χ2v) is 19.2. The lowest BCUT2D eigenvalue weighted by molar-refractivity contribution is 0.464. The molecule has 6 rings (SSSR count). The first-order chi connectivity index (χ1) is 25.2. The largest absolute Gasteiger partial charge is 0.278 e. The van der Waals surface area contributed by atoms with Crippen LogP contribution in [0.25, 0.3) is 50.5 Å². The van der Waals surface area contributed by atoms with Crippen molar-refractivity contribution in [2.45, 2.75) is 125 Å². The molecule has 0 radical (unpaired) electrons. The monoisotopic (exact) mass is 715 g/mol. The van der Waals surface area contributed by atoms with Crippen molar-refractivity contribution in [3.63, 3.8) is 0 Å². The predicted molar refractivity (Wildman–Crippen MR) is 232 cm³/mol. The Morgan fingerprint density at radius 1 is 0.444 bits per heavy atom. The van der Waals surface area contributed by atoms with E-state index in [9.17, 15) is 0 Å². The predicted octanol–water partition coefficient (Wildman–Crippen LogP) is 14.1. The fourth-order valence-corrected chi connectivity index (χ4v) is 7.31. The Morgan fingerprint density at radius 2 is 0.852 bits per heavy atom. The Labute approximate surface area is 325 Å². The maximum atomic E-state index is 4.96. The van der Waals surface area contributed by atoms with Crippen LogP contribution in [-0.4, -0.2) is 14.8 Å². The maximum absolute atomic E-state index is 4.96. The maximum Gasteiger partial charge on any atom is 0.168 e. The summed E-state index contributed by atoms with van der Waals surface area (Å²) in [6.07, 6.45) is 0.951. The summed E-state index contributed by atoms with van der Waals surface area (Å²) in [5.41, 5.74) is 15.9. The molecule has 0 spiro atoms. The van der Waals surface area contributed by atoms with E-state index in [1.807, 2.05) is 0 Å². The van der Waals surface area contributed by atoms with Gasteiger partial charge in [0.05, 0.1) is 5.69 Å². The molecule has 0 aliphatic carbocycles. The molecule has 0 saturated heterocycles. The van der Waals surface area contributed by atoms with Crippen molar-refractivity contribution in [3.05, 3.63) is 137 Å². The lowest BCUT2D eigenvalue weighted by Gasteiger charge is -2.27. The van der Waals surface area contributed by atoms with Gasteiger partial charge in [0.25, 0.3) is 0 Å². The molecule has 6 aromatic rings. The molecule has 5 aromatic carbocycles. The minimum Gasteiger partial charge on any atom is -0.278 e. The average molecular weight is 716 g/mol. The van der Waals surface area contributed by atoms with E-state index in [0.717, 1.165) is 29.2 Å². The van der Waals surface area contributed by atoms with Crippen molar-refractivity contribution in [1.29, 1.82) is 0 Å². The molecule has 0 fully saturated rings. The molecule has 0 unspecified atom stereocenters. The molecule has 0 bridgehead atoms. The molecule has 0 aliphatic heterocycles. The number of hydrogen-bond acceptors (Lipinski definition) is 2. The minimum atomic E-state index is -0.168. The summed E-state index contributed by atoms with van der Waals surface area (Å²) in [7, 11) is 0. The summed E-state index contributed by atoms with van der Waals surface area (Å²) in [6, 6.07) is 38.8. The first-order valence-corrected chi connectivity index (χ1v) is 19.7. The van der Waals surface area contributed by atoms with Crippen LogP contribution < -0.4 is 0 Å². The van der Waals surface area contributed by atoms with Crippen LogP contribution in [0.4, 0.5) is 0 Å². The quantitative estimate of drug-likeness (QED) is 0.165. The molecule has 1 heterocycles. The van der Waals surface area contributed by atoms with Gasteiger partial charge in [0.15, 0.2) is 5.82 Å². The molecule has 3 nitrogen and oxygen atoms in total. The van der Waals surface area contributed by atoms with Crippen LogP contribution >= 0.6 is 0 Å². The Hall–Kier alpha value is -4.76. The Kier molecular flexibility index (Phi) is 10.2. The van der Waals surface area contributed by atoms with Crippen LogP contribution in [0, 0.1) is 13.8 Å². The van der Waals surface area contributed by atoms with Crippen molar-refractivity contribution < 1.29 is 0 Å². The Bertz CT molecular complexity index is 2180. The van der Waals surface area contributed by atoms with E-state index >= 15 is 0 Å². The van der Waals surface area contributed by atoms with Gasteiger partial charge in [0.1, 0.15) is 5.82 Å². The highest BCUT2D eigenvalue weighted by molar-refractivity contribution is 5.82. The molecule has 0 saturated carbocycles. The van der Waals surface area contributed by atoms with Crippen molar-refractivity contribution in [3.8, 4) is 50.5 Å². The molecule has 3 heteroatoms. The normalized spacial score (nSPS) is 12.7. The third-order valence-electron chi connectivity index (χ3n) is 11.3. The number of nitrogens with zero attached hydrogens (tertiary/aromatic N) is 3. The molecule has 1 aromatic heterocycles. The minimum absolute atomic E-state index is 0.0561. The van der Waals surface area contributed by atoms with Crippen molar-refractivity contribution in [2.24, 2.45) is 0 Å². The first-order valence-electron chi connectivity index (χ1n) is 19.7. The van der Waals surface area contributed by atoms with Gasteiger partial charge in [-0.15, -0.1) is 10.2 Å². The smallest absolute Gasteiger partial charge is 0.168 e. The molecule has 0 atom stereocenters. The SMILES string of the molecule is CCC(C)(C)c1nnc(-c2cccc(-c3cc(-c4ccc(C(C)(C)C)cc4)cc(-c4ccc(C(C)(C)C)cc4)c3)c2)n1-c1c(C)cc(C(C)(C)C)cc1C. The summed E-state index contributed by atoms with van der Waals surface area (Å²) < 4.78 is 2.34. The first kappa shape index (κ1) is 38.9. The third kappa shape index (κ3) is 7.88. The van der Waals surface area contributed by atoms with E-state index in [0.29, 0.717) is 0 Å². The zero-order valence-corrected chi connectivity index (χ0v) is 35.4. The highest BCUT2D eigenvalue weighted by atomic mass is 15.3. The van der Waals surface area contributed by atoms with E-state index < -0.39 is 0 Å². The average Bonchev–Trinajstić information content (AvgIpc) is 3.56. The summed E-state index contributed by atoms with van der Waals surface area (Å²) in [5, 5.41) is 9.90.